The summed E-state index contributed by atoms with van der Waals surface area (Å²) >= 11 is 1.44. The fourth-order valence-electron chi connectivity index (χ4n) is 0. The van der Waals surface area contributed by atoms with Gasteiger partial charge < -0.3 is 0 Å². The molecule has 0 spiro atoms. The summed E-state index contributed by atoms with van der Waals surface area (Å²) in [5.41, 5.74) is 0. The summed E-state index contributed by atoms with van der Waals surface area (Å²) in [4.78, 5) is 0. The third-order valence-electron chi connectivity index (χ3n) is 0. The molecule has 0 aromatic heterocycles. The van der Waals surface area contributed by atoms with Crippen LogP contribution in [0.1, 0.15) is 0 Å². The van der Waals surface area contributed by atoms with E-state index in [9.17, 15) is 0 Å². The first-order valence-corrected chi connectivity index (χ1v) is 9.00. The summed E-state index contributed by atoms with van der Waals surface area (Å²) < 4.78 is 0. The van der Waals surface area contributed by atoms with Crippen LogP contribution >= 0.6 is 0 Å². The molecule has 0 fully saturated rings. The molecule has 0 saturated carbocycles. The van der Waals surface area contributed by atoms with Crippen molar-refractivity contribution in [3.05, 3.63) is 0 Å². The molecule has 22 valence electrons. The van der Waals surface area contributed by atoms with E-state index in [2.05, 4.69) is 0 Å². The van der Waals surface area contributed by atoms with Crippen LogP contribution in [0.4, 0.5) is 0 Å². The van der Waals surface area contributed by atoms with Gasteiger partial charge >= 0.3 is 18.9 Å². The van der Waals surface area contributed by atoms with E-state index < -0.39 is 0 Å². The third kappa shape index (κ3) is 9.12. The van der Waals surface area contributed by atoms with Gasteiger partial charge in [-0.2, -0.15) is 0 Å². The van der Waals surface area contributed by atoms with E-state index in [0.29, 0.717) is 0 Å². The van der Waals surface area contributed by atoms with Gasteiger partial charge in [0.2, 0.25) is 0 Å². The molecule has 0 atom stereocenters. The minimum absolute atomic E-state index is 0. The number of hydrogen-bond acceptors (Lipinski definition) is 0. The van der Waals surface area contributed by atoms with Crippen LogP contribution in [0.3, 0.4) is 0 Å². The van der Waals surface area contributed by atoms with Gasteiger partial charge in [-0.25, -0.2) is 0 Å². The van der Waals surface area contributed by atoms with Gasteiger partial charge in [-0.1, -0.05) is 8.80 Å². The summed E-state index contributed by atoms with van der Waals surface area (Å²) in [6.45, 7) is 0. The molecule has 0 nitrogen and oxygen atoms in total. The quantitative estimate of drug-likeness (QED) is 0.307. The molecule has 0 saturated heterocycles. The monoisotopic (exact) mass is 124 g/mol. The van der Waals surface area contributed by atoms with Gasteiger partial charge in [-0.05, 0) is 0 Å². The standard InChI is InChI=1S/Al.Fe.Li.H3Si.3H/h;;;1H3;;;. The van der Waals surface area contributed by atoms with Crippen LogP contribution in [0.15, 0.2) is 0 Å². The Labute approximate surface area is 60.0 Å². The molecule has 0 bridgehead atoms. The second kappa shape index (κ2) is 20.9. The molecule has 0 rings (SSSR count). The number of hydrogen-bond donors (Lipinski definition) is 0. The summed E-state index contributed by atoms with van der Waals surface area (Å²) in [5, 5.41) is 0. The van der Waals surface area contributed by atoms with Gasteiger partial charge in [0.05, 0.1) is 0 Å². The summed E-state index contributed by atoms with van der Waals surface area (Å²) in [6, 6.07) is 0. The van der Waals surface area contributed by atoms with Crippen LogP contribution in [0.25, 0.3) is 0 Å². The average Bonchev–Trinajstić information content (AvgIpc) is 1.00. The molecule has 0 amide bonds. The fraction of sp³-hybridized carbons (Fsp3) is 0. The Balaban J connectivity index is -0.00000000500. The first-order valence-electron chi connectivity index (χ1n) is 1.00. The molecule has 0 heterocycles. The van der Waals surface area contributed by atoms with Crippen molar-refractivity contribution in [2.75, 3.05) is 0 Å². The van der Waals surface area contributed by atoms with Crippen molar-refractivity contribution < 1.29 is 17.1 Å². The van der Waals surface area contributed by atoms with E-state index in [1.54, 1.807) is 0 Å². The fourth-order valence-corrected chi connectivity index (χ4v) is 0. The maximum atomic E-state index is 1.44. The molecule has 0 aromatic carbocycles. The molecule has 0 radical (unpaired) electrons. The zero-order chi connectivity index (χ0) is 2.00. The number of rotatable bonds is 0. The predicted octanol–water partition coefficient (Wildman–Crippen LogP) is -2.75. The Morgan fingerprint density at radius 3 is 1.25 bits per heavy atom. The van der Waals surface area contributed by atoms with Crippen molar-refractivity contribution >= 4 is 43.3 Å². The van der Waals surface area contributed by atoms with Crippen LogP contribution in [0, 0.1) is 0 Å². The first-order chi connectivity index (χ1) is 1.00. The molecular weight excluding hydrogens is 118 g/mol. The van der Waals surface area contributed by atoms with E-state index in [0.717, 1.165) is 0 Å². The Morgan fingerprint density at radius 1 is 1.25 bits per heavy atom. The zero-order valence-corrected chi connectivity index (χ0v) is 7.46. The second-order valence-corrected chi connectivity index (χ2v) is 0. The van der Waals surface area contributed by atoms with Crippen molar-refractivity contribution in [3.8, 4) is 0 Å². The molecule has 0 N–H and O–H groups in total. The van der Waals surface area contributed by atoms with E-state index in [1.807, 2.05) is 0 Å². The zero-order valence-electron chi connectivity index (χ0n) is 2.35. The minimum atomic E-state index is 0. The summed E-state index contributed by atoms with van der Waals surface area (Å²) in [6.07, 6.45) is 0. The molecule has 0 aliphatic heterocycles. The van der Waals surface area contributed by atoms with Crippen molar-refractivity contribution in [1.82, 2.24) is 0 Å². The van der Waals surface area contributed by atoms with Crippen molar-refractivity contribution in [2.45, 2.75) is 0 Å². The molecule has 0 unspecified atom stereocenters. The summed E-state index contributed by atoms with van der Waals surface area (Å²) in [7, 11) is 1.44. The van der Waals surface area contributed by atoms with Crippen LogP contribution in [-0.2, 0) is 17.1 Å². The molecule has 4 heavy (non-hydrogen) atoms. The third-order valence-corrected chi connectivity index (χ3v) is 0. The molecule has 0 aliphatic rings. The van der Waals surface area contributed by atoms with Crippen molar-refractivity contribution in [1.29, 1.82) is 0 Å². The normalized spacial score (nSPS) is 2.00. The van der Waals surface area contributed by atoms with Crippen LogP contribution in [0.2, 0.25) is 0 Å². The molecule has 0 aliphatic carbocycles. The Morgan fingerprint density at radius 2 is 1.25 bits per heavy atom. The van der Waals surface area contributed by atoms with E-state index in [1.165, 1.54) is 24.4 Å². The Hall–Kier alpha value is 1.87. The van der Waals surface area contributed by atoms with E-state index in [-0.39, 0.29) is 35.9 Å². The Kier molecular flexibility index (Phi) is 88.3. The SMILES string of the molecule is [AlH2][SiH3].[Fe].[LiH]. The van der Waals surface area contributed by atoms with Gasteiger partial charge in [0.1, 0.15) is 0 Å². The van der Waals surface area contributed by atoms with Crippen molar-refractivity contribution in [2.24, 2.45) is 0 Å². The summed E-state index contributed by atoms with van der Waals surface area (Å²) in [5.74, 6) is 0. The van der Waals surface area contributed by atoms with Crippen molar-refractivity contribution in [3.63, 3.8) is 0 Å². The van der Waals surface area contributed by atoms with Gasteiger partial charge in [-0.3, -0.25) is 0 Å². The maximum absolute atomic E-state index is 1.44. The molecule has 0 aromatic rings. The van der Waals surface area contributed by atoms with E-state index in [4.69, 9.17) is 0 Å². The predicted molar refractivity (Wildman–Crippen MR) is 25.6 cm³/mol. The first kappa shape index (κ1) is 16.9. The average molecular weight is 124 g/mol. The topological polar surface area (TPSA) is 0 Å². The second-order valence-electron chi connectivity index (χ2n) is 0. The van der Waals surface area contributed by atoms with Gasteiger partial charge in [0.25, 0.3) is 0 Å². The Bertz CT molecular complexity index is 8.00. The van der Waals surface area contributed by atoms with Gasteiger partial charge in [0.15, 0.2) is 15.6 Å². The molecular formula is H6AlFeLiSi. The van der Waals surface area contributed by atoms with Gasteiger partial charge in [0, 0.05) is 17.1 Å². The van der Waals surface area contributed by atoms with Crippen LogP contribution in [0.5, 0.6) is 0 Å². The van der Waals surface area contributed by atoms with E-state index >= 15 is 0 Å². The van der Waals surface area contributed by atoms with Gasteiger partial charge in [-0.15, -0.1) is 0 Å². The molecule has 4 heteroatoms. The van der Waals surface area contributed by atoms with Crippen LogP contribution < -0.4 is 0 Å². The van der Waals surface area contributed by atoms with Crippen LogP contribution in [-0.4, -0.2) is 43.3 Å².